The standard InChI is InChI=1S/C16H26N2O3/c1-10(2)14-16(21-4)17-13(15(18-14)20-3)9-11-5-7-12(19)8-6-11/h5,7,10-14,19H,6,8-9H2,1-4H3/t11-,12?,13-,14+/m0/s1. The maximum Gasteiger partial charge on any atom is 0.209 e. The van der Waals surface area contributed by atoms with E-state index in [0.29, 0.717) is 23.6 Å². The lowest BCUT2D eigenvalue weighted by Crippen LogP contribution is -2.38. The first-order valence-corrected chi connectivity index (χ1v) is 7.64. The highest BCUT2D eigenvalue weighted by molar-refractivity contribution is 5.94. The van der Waals surface area contributed by atoms with Crippen LogP contribution in [0.5, 0.6) is 0 Å². The van der Waals surface area contributed by atoms with Gasteiger partial charge in [-0.1, -0.05) is 26.0 Å². The third kappa shape index (κ3) is 3.84. The van der Waals surface area contributed by atoms with Gasteiger partial charge in [0.2, 0.25) is 11.8 Å². The molecule has 5 nitrogen and oxygen atoms in total. The Morgan fingerprint density at radius 3 is 2.38 bits per heavy atom. The van der Waals surface area contributed by atoms with Crippen LogP contribution in [0.3, 0.4) is 0 Å². The van der Waals surface area contributed by atoms with E-state index in [1.54, 1.807) is 14.2 Å². The van der Waals surface area contributed by atoms with Gasteiger partial charge in [-0.3, -0.25) is 0 Å². The molecule has 21 heavy (non-hydrogen) atoms. The predicted molar refractivity (Wildman–Crippen MR) is 83.8 cm³/mol. The molecule has 5 heteroatoms. The summed E-state index contributed by atoms with van der Waals surface area (Å²) in [6.07, 6.45) is 6.27. The average molecular weight is 294 g/mol. The number of methoxy groups -OCH3 is 2. The third-order valence-electron chi connectivity index (χ3n) is 4.10. The van der Waals surface area contributed by atoms with Crippen molar-refractivity contribution >= 4 is 11.8 Å². The highest BCUT2D eigenvalue weighted by Crippen LogP contribution is 2.26. The van der Waals surface area contributed by atoms with Gasteiger partial charge < -0.3 is 14.6 Å². The smallest absolute Gasteiger partial charge is 0.209 e. The molecule has 0 radical (unpaired) electrons. The Hall–Kier alpha value is -1.36. The molecule has 0 aromatic carbocycles. The maximum atomic E-state index is 9.52. The summed E-state index contributed by atoms with van der Waals surface area (Å²) in [5.41, 5.74) is 0. The van der Waals surface area contributed by atoms with Gasteiger partial charge in [-0.25, -0.2) is 9.98 Å². The van der Waals surface area contributed by atoms with Gasteiger partial charge >= 0.3 is 0 Å². The fraction of sp³-hybridized carbons (Fsp3) is 0.750. The lowest BCUT2D eigenvalue weighted by Gasteiger charge is -2.29. The van der Waals surface area contributed by atoms with Crippen LogP contribution in [0, 0.1) is 11.8 Å². The van der Waals surface area contributed by atoms with Crippen LogP contribution in [0.25, 0.3) is 0 Å². The second-order valence-electron chi connectivity index (χ2n) is 6.07. The van der Waals surface area contributed by atoms with Crippen molar-refractivity contribution in [3.8, 4) is 0 Å². The zero-order chi connectivity index (χ0) is 15.4. The van der Waals surface area contributed by atoms with Crippen molar-refractivity contribution in [1.29, 1.82) is 0 Å². The zero-order valence-corrected chi connectivity index (χ0v) is 13.3. The Kier molecular flexibility index (Phi) is 5.39. The number of rotatable bonds is 3. The van der Waals surface area contributed by atoms with E-state index >= 15 is 0 Å². The molecule has 0 bridgehead atoms. The third-order valence-corrected chi connectivity index (χ3v) is 4.10. The van der Waals surface area contributed by atoms with Crippen LogP contribution >= 0.6 is 0 Å². The summed E-state index contributed by atoms with van der Waals surface area (Å²) in [4.78, 5) is 9.39. The Balaban J connectivity index is 2.12. The Morgan fingerprint density at radius 2 is 1.86 bits per heavy atom. The topological polar surface area (TPSA) is 63.4 Å². The minimum absolute atomic E-state index is 0.0649. The van der Waals surface area contributed by atoms with Gasteiger partial charge in [-0.2, -0.15) is 0 Å². The van der Waals surface area contributed by atoms with Crippen molar-refractivity contribution in [3.05, 3.63) is 12.2 Å². The van der Waals surface area contributed by atoms with Gasteiger partial charge in [0.15, 0.2) is 0 Å². The predicted octanol–water partition coefficient (Wildman–Crippen LogP) is 2.20. The number of hydrogen-bond acceptors (Lipinski definition) is 5. The van der Waals surface area contributed by atoms with Crippen LogP contribution in [-0.4, -0.2) is 49.3 Å². The number of aliphatic hydroxyl groups excluding tert-OH is 1. The van der Waals surface area contributed by atoms with E-state index in [-0.39, 0.29) is 18.2 Å². The van der Waals surface area contributed by atoms with Crippen LogP contribution in [0.4, 0.5) is 0 Å². The van der Waals surface area contributed by atoms with Gasteiger partial charge in [0.1, 0.15) is 12.1 Å². The highest BCUT2D eigenvalue weighted by Gasteiger charge is 2.32. The second kappa shape index (κ2) is 7.07. The number of ether oxygens (including phenoxy) is 2. The Bertz CT molecular complexity index is 443. The van der Waals surface area contributed by atoms with Gasteiger partial charge in [0.05, 0.1) is 20.3 Å². The molecule has 0 aromatic heterocycles. The fourth-order valence-corrected chi connectivity index (χ4v) is 2.86. The number of nitrogens with zero attached hydrogens (tertiary/aromatic N) is 2. The van der Waals surface area contributed by atoms with Gasteiger partial charge in [-0.15, -0.1) is 0 Å². The summed E-state index contributed by atoms with van der Waals surface area (Å²) < 4.78 is 10.9. The van der Waals surface area contributed by atoms with E-state index in [9.17, 15) is 5.11 Å². The van der Waals surface area contributed by atoms with Crippen molar-refractivity contribution in [3.63, 3.8) is 0 Å². The first-order valence-electron chi connectivity index (χ1n) is 7.64. The van der Waals surface area contributed by atoms with E-state index < -0.39 is 0 Å². The molecule has 0 fully saturated rings. The molecule has 0 saturated heterocycles. The molecule has 2 aliphatic rings. The molecular formula is C16H26N2O3. The van der Waals surface area contributed by atoms with Crippen molar-refractivity contribution in [2.75, 3.05) is 14.2 Å². The largest absolute Gasteiger partial charge is 0.483 e. The van der Waals surface area contributed by atoms with Crippen molar-refractivity contribution in [1.82, 2.24) is 0 Å². The van der Waals surface area contributed by atoms with E-state index in [1.807, 2.05) is 6.08 Å². The summed E-state index contributed by atoms with van der Waals surface area (Å²) in [6, 6.07) is -0.158. The molecule has 1 unspecified atom stereocenters. The number of allylic oxidation sites excluding steroid dienone is 1. The quantitative estimate of drug-likeness (QED) is 0.812. The van der Waals surface area contributed by atoms with E-state index in [1.165, 1.54) is 0 Å². The molecule has 0 saturated carbocycles. The molecule has 4 atom stereocenters. The molecule has 0 spiro atoms. The van der Waals surface area contributed by atoms with E-state index in [0.717, 1.165) is 19.3 Å². The van der Waals surface area contributed by atoms with Gasteiger partial charge in [0.25, 0.3) is 0 Å². The maximum absolute atomic E-state index is 9.52. The molecule has 1 aliphatic heterocycles. The van der Waals surface area contributed by atoms with Crippen LogP contribution in [0.1, 0.15) is 33.1 Å². The number of aliphatic hydroxyl groups is 1. The lowest BCUT2D eigenvalue weighted by molar-refractivity contribution is 0.192. The number of aliphatic imine (C=N–C) groups is 2. The SMILES string of the molecule is COC1=N[C@H](C(C)C)C(OC)=N[C@H]1C[C@H]1C=CC(O)CC1. The van der Waals surface area contributed by atoms with Crippen LogP contribution in [0.15, 0.2) is 22.1 Å². The van der Waals surface area contributed by atoms with Crippen LogP contribution in [-0.2, 0) is 9.47 Å². The molecule has 0 aromatic rings. The van der Waals surface area contributed by atoms with E-state index in [4.69, 9.17) is 14.5 Å². The molecule has 1 N–H and O–H groups in total. The highest BCUT2D eigenvalue weighted by atomic mass is 16.5. The lowest BCUT2D eigenvalue weighted by atomic mass is 9.88. The average Bonchev–Trinajstić information content (AvgIpc) is 2.48. The normalized spacial score (nSPS) is 32.7. The molecular weight excluding hydrogens is 268 g/mol. The Morgan fingerprint density at radius 1 is 1.14 bits per heavy atom. The Labute approximate surface area is 126 Å². The summed E-state index contributed by atoms with van der Waals surface area (Å²) in [5.74, 6) is 2.10. The molecule has 1 aliphatic carbocycles. The minimum Gasteiger partial charge on any atom is -0.483 e. The summed E-state index contributed by atoms with van der Waals surface area (Å²) in [5, 5.41) is 9.52. The molecule has 118 valence electrons. The van der Waals surface area contributed by atoms with Crippen molar-refractivity contribution < 1.29 is 14.6 Å². The summed E-state index contributed by atoms with van der Waals surface area (Å²) in [7, 11) is 3.30. The molecule has 1 heterocycles. The first kappa shape index (κ1) is 16.0. The zero-order valence-electron chi connectivity index (χ0n) is 13.3. The van der Waals surface area contributed by atoms with Gasteiger partial charge in [0, 0.05) is 0 Å². The second-order valence-corrected chi connectivity index (χ2v) is 6.07. The fourth-order valence-electron chi connectivity index (χ4n) is 2.86. The van der Waals surface area contributed by atoms with Gasteiger partial charge in [-0.05, 0) is 31.1 Å². The molecule has 2 rings (SSSR count). The summed E-state index contributed by atoms with van der Waals surface area (Å²) >= 11 is 0. The monoisotopic (exact) mass is 294 g/mol. The van der Waals surface area contributed by atoms with Crippen LogP contribution in [0.2, 0.25) is 0 Å². The molecule has 0 amide bonds. The van der Waals surface area contributed by atoms with Crippen molar-refractivity contribution in [2.45, 2.75) is 51.3 Å². The van der Waals surface area contributed by atoms with E-state index in [2.05, 4.69) is 24.9 Å². The number of hydrogen-bond donors (Lipinski definition) is 1. The first-order chi connectivity index (χ1) is 10.0. The minimum atomic E-state index is -0.300. The van der Waals surface area contributed by atoms with Crippen LogP contribution < -0.4 is 0 Å². The van der Waals surface area contributed by atoms with Crippen molar-refractivity contribution in [2.24, 2.45) is 21.8 Å². The summed E-state index contributed by atoms with van der Waals surface area (Å²) in [6.45, 7) is 4.20.